The molecule has 0 unspecified atom stereocenters. The van der Waals surface area contributed by atoms with Crippen LogP contribution in [-0.2, 0) is 22.6 Å². The molecule has 0 aliphatic heterocycles. The Bertz CT molecular complexity index is 717. The van der Waals surface area contributed by atoms with Crippen LogP contribution in [0.5, 0.6) is 0 Å². The maximum Gasteiger partial charge on any atom is 0.319 e. The summed E-state index contributed by atoms with van der Waals surface area (Å²) in [5.41, 5.74) is 1.02. The molecule has 0 spiro atoms. The summed E-state index contributed by atoms with van der Waals surface area (Å²) in [7, 11) is 4.98. The molecule has 152 valence electrons. The second kappa shape index (κ2) is 11.1. The maximum atomic E-state index is 13.1. The number of amides is 3. The molecule has 0 aliphatic rings. The van der Waals surface area contributed by atoms with E-state index < -0.39 is 0 Å². The molecule has 28 heavy (non-hydrogen) atoms. The number of ether oxygens (including phenoxy) is 1. The predicted octanol–water partition coefficient (Wildman–Crippen LogP) is 2.83. The average Bonchev–Trinajstić information content (AvgIpc) is 3.20. The fraction of sp³-hybridized carbons (Fsp3) is 0.429. The summed E-state index contributed by atoms with van der Waals surface area (Å²) >= 11 is 0. The molecule has 7 heteroatoms. The number of carbonyl (C=O) groups is 2. The van der Waals surface area contributed by atoms with Crippen molar-refractivity contribution in [1.82, 2.24) is 14.7 Å². The first-order valence-corrected chi connectivity index (χ1v) is 9.30. The summed E-state index contributed by atoms with van der Waals surface area (Å²) in [6.45, 7) is 1.79. The lowest BCUT2D eigenvalue weighted by molar-refractivity contribution is -0.133. The van der Waals surface area contributed by atoms with Crippen molar-refractivity contribution in [3.05, 3.63) is 60.1 Å². The molecule has 1 heterocycles. The second-order valence-corrected chi connectivity index (χ2v) is 6.76. The van der Waals surface area contributed by atoms with Crippen LogP contribution in [0.2, 0.25) is 0 Å². The normalized spacial score (nSPS) is 10.5. The topological polar surface area (TPSA) is 66.2 Å². The number of rotatable bonds is 10. The van der Waals surface area contributed by atoms with E-state index in [-0.39, 0.29) is 18.5 Å². The molecule has 2 rings (SSSR count). The molecule has 1 aromatic heterocycles. The summed E-state index contributed by atoms with van der Waals surface area (Å²) in [6.07, 6.45) is 2.26. The molecule has 0 atom stereocenters. The molecular weight excluding hydrogens is 358 g/mol. The van der Waals surface area contributed by atoms with Crippen molar-refractivity contribution in [3.8, 4) is 0 Å². The van der Waals surface area contributed by atoms with Crippen molar-refractivity contribution in [1.29, 1.82) is 0 Å². The highest BCUT2D eigenvalue weighted by Crippen LogP contribution is 2.12. The van der Waals surface area contributed by atoms with Gasteiger partial charge in [-0.15, -0.1) is 0 Å². The second-order valence-electron chi connectivity index (χ2n) is 6.76. The molecule has 1 aromatic carbocycles. The Kier molecular flexibility index (Phi) is 8.55. The van der Waals surface area contributed by atoms with Gasteiger partial charge >= 0.3 is 6.03 Å². The van der Waals surface area contributed by atoms with Gasteiger partial charge in [0.25, 0.3) is 0 Å². The molecule has 0 N–H and O–H groups in total. The number of hydrogen-bond acceptors (Lipinski definition) is 4. The number of nitrogens with zero attached hydrogens (tertiary/aromatic N) is 3. The minimum Gasteiger partial charge on any atom is -0.467 e. The molecule has 0 aliphatic carbocycles. The van der Waals surface area contributed by atoms with Crippen molar-refractivity contribution >= 4 is 11.9 Å². The van der Waals surface area contributed by atoms with Crippen LogP contribution in [0.3, 0.4) is 0 Å². The van der Waals surface area contributed by atoms with Crippen LogP contribution < -0.4 is 0 Å². The van der Waals surface area contributed by atoms with Gasteiger partial charge in [0, 0.05) is 40.9 Å². The third-order valence-corrected chi connectivity index (χ3v) is 4.25. The van der Waals surface area contributed by atoms with E-state index in [2.05, 4.69) is 0 Å². The lowest BCUT2D eigenvalue weighted by atomic mass is 10.2. The number of benzene rings is 1. The van der Waals surface area contributed by atoms with Gasteiger partial charge in [-0.25, -0.2) is 4.79 Å². The van der Waals surface area contributed by atoms with Crippen LogP contribution in [0.1, 0.15) is 17.7 Å². The highest BCUT2D eigenvalue weighted by Gasteiger charge is 2.23. The molecule has 0 radical (unpaired) electrons. The summed E-state index contributed by atoms with van der Waals surface area (Å²) in [4.78, 5) is 30.3. The van der Waals surface area contributed by atoms with E-state index in [0.717, 1.165) is 5.56 Å². The van der Waals surface area contributed by atoms with Gasteiger partial charge in [-0.3, -0.25) is 4.79 Å². The van der Waals surface area contributed by atoms with Gasteiger partial charge < -0.3 is 23.9 Å². The van der Waals surface area contributed by atoms with E-state index in [1.54, 1.807) is 43.3 Å². The number of urea groups is 1. The fourth-order valence-corrected chi connectivity index (χ4v) is 2.81. The fourth-order valence-electron chi connectivity index (χ4n) is 2.81. The van der Waals surface area contributed by atoms with Crippen molar-refractivity contribution < 1.29 is 18.7 Å². The van der Waals surface area contributed by atoms with Crippen LogP contribution in [-0.4, -0.2) is 67.5 Å². The van der Waals surface area contributed by atoms with Crippen molar-refractivity contribution in [2.45, 2.75) is 19.5 Å². The summed E-state index contributed by atoms with van der Waals surface area (Å²) in [5, 5.41) is 0. The zero-order valence-corrected chi connectivity index (χ0v) is 16.8. The highest BCUT2D eigenvalue weighted by atomic mass is 16.5. The number of methoxy groups -OCH3 is 1. The van der Waals surface area contributed by atoms with Gasteiger partial charge in [-0.2, -0.15) is 0 Å². The van der Waals surface area contributed by atoms with E-state index >= 15 is 0 Å². The standard InChI is InChI=1S/C21H29N3O4/c1-22(2)21(26)23(12-8-13-27-3)17-20(25)24(16-19-11-7-14-28-19)15-18-9-5-4-6-10-18/h4-7,9-11,14H,8,12-13,15-17H2,1-3H3. The Morgan fingerprint density at radius 2 is 1.75 bits per heavy atom. The minimum atomic E-state index is -0.192. The highest BCUT2D eigenvalue weighted by molar-refractivity contribution is 5.84. The Morgan fingerprint density at radius 3 is 2.36 bits per heavy atom. The van der Waals surface area contributed by atoms with E-state index in [1.165, 1.54) is 4.90 Å². The Balaban J connectivity index is 2.12. The number of furan rings is 1. The van der Waals surface area contributed by atoms with E-state index in [0.29, 0.717) is 38.4 Å². The maximum absolute atomic E-state index is 13.1. The molecule has 0 saturated heterocycles. The molecule has 0 bridgehead atoms. The Hall–Kier alpha value is -2.80. The SMILES string of the molecule is COCCCN(CC(=O)N(Cc1ccccc1)Cc1ccco1)C(=O)N(C)C. The van der Waals surface area contributed by atoms with Crippen molar-refractivity contribution in [3.63, 3.8) is 0 Å². The lowest BCUT2D eigenvalue weighted by Crippen LogP contribution is -2.46. The minimum absolute atomic E-state index is 0.00820. The van der Waals surface area contributed by atoms with E-state index in [9.17, 15) is 9.59 Å². The van der Waals surface area contributed by atoms with Gasteiger partial charge in [0.2, 0.25) is 5.91 Å². The first-order chi connectivity index (χ1) is 13.5. The zero-order valence-electron chi connectivity index (χ0n) is 16.8. The smallest absolute Gasteiger partial charge is 0.319 e. The van der Waals surface area contributed by atoms with Gasteiger partial charge in [0.1, 0.15) is 12.3 Å². The van der Waals surface area contributed by atoms with Gasteiger partial charge in [0.15, 0.2) is 0 Å². The summed E-state index contributed by atoms with van der Waals surface area (Å²) < 4.78 is 10.5. The summed E-state index contributed by atoms with van der Waals surface area (Å²) in [6, 6.07) is 13.2. The van der Waals surface area contributed by atoms with Crippen LogP contribution in [0.4, 0.5) is 4.79 Å². The van der Waals surface area contributed by atoms with Crippen LogP contribution in [0.25, 0.3) is 0 Å². The largest absolute Gasteiger partial charge is 0.467 e. The third-order valence-electron chi connectivity index (χ3n) is 4.25. The van der Waals surface area contributed by atoms with Crippen LogP contribution in [0.15, 0.2) is 53.1 Å². The van der Waals surface area contributed by atoms with E-state index in [4.69, 9.17) is 9.15 Å². The summed E-state index contributed by atoms with van der Waals surface area (Å²) in [5.74, 6) is 0.571. The van der Waals surface area contributed by atoms with Crippen LogP contribution >= 0.6 is 0 Å². The molecule has 3 amide bonds. The molecular formula is C21H29N3O4. The number of hydrogen-bond donors (Lipinski definition) is 0. The van der Waals surface area contributed by atoms with Crippen molar-refractivity contribution in [2.24, 2.45) is 0 Å². The number of carbonyl (C=O) groups excluding carboxylic acids is 2. The zero-order chi connectivity index (χ0) is 20.4. The first kappa shape index (κ1) is 21.5. The quantitative estimate of drug-likeness (QED) is 0.588. The molecule has 7 nitrogen and oxygen atoms in total. The average molecular weight is 387 g/mol. The molecule has 0 saturated carbocycles. The predicted molar refractivity (Wildman–Crippen MR) is 107 cm³/mol. The molecule has 2 aromatic rings. The third kappa shape index (κ3) is 6.74. The first-order valence-electron chi connectivity index (χ1n) is 9.30. The van der Waals surface area contributed by atoms with Gasteiger partial charge in [-0.1, -0.05) is 30.3 Å². The molecule has 0 fully saturated rings. The Morgan fingerprint density at radius 1 is 1.00 bits per heavy atom. The Labute approximate surface area is 166 Å². The van der Waals surface area contributed by atoms with Gasteiger partial charge in [-0.05, 0) is 24.1 Å². The van der Waals surface area contributed by atoms with E-state index in [1.807, 2.05) is 36.4 Å². The van der Waals surface area contributed by atoms with Gasteiger partial charge in [0.05, 0.1) is 12.8 Å². The van der Waals surface area contributed by atoms with Crippen LogP contribution in [0, 0.1) is 0 Å². The lowest BCUT2D eigenvalue weighted by Gasteiger charge is -2.29. The monoisotopic (exact) mass is 387 g/mol. The van der Waals surface area contributed by atoms with Crippen molar-refractivity contribution in [2.75, 3.05) is 40.9 Å².